The highest BCUT2D eigenvalue weighted by Gasteiger charge is 2.18. The van der Waals surface area contributed by atoms with E-state index in [1.165, 1.54) is 29.2 Å². The Morgan fingerprint density at radius 2 is 2.17 bits per heavy atom. The second-order valence-electron chi connectivity index (χ2n) is 5.21. The van der Waals surface area contributed by atoms with E-state index >= 15 is 0 Å². The molecular formula is C15H17FN4O2S. The SMILES string of the molecule is O=S(=O)(NCC1=CCNCC1)c1cnn(-c2ccccc2F)c1. The quantitative estimate of drug-likeness (QED) is 0.805. The minimum atomic E-state index is -3.68. The predicted octanol–water partition coefficient (Wildman–Crippen LogP) is 1.21. The topological polar surface area (TPSA) is 76.0 Å². The molecule has 0 fully saturated rings. The molecule has 0 radical (unpaired) electrons. The van der Waals surface area contributed by atoms with Gasteiger partial charge in [-0.05, 0) is 25.1 Å². The molecule has 1 aromatic carbocycles. The van der Waals surface area contributed by atoms with Crippen molar-refractivity contribution in [2.75, 3.05) is 19.6 Å². The Morgan fingerprint density at radius 3 is 2.91 bits per heavy atom. The van der Waals surface area contributed by atoms with Crippen molar-refractivity contribution in [1.82, 2.24) is 19.8 Å². The lowest BCUT2D eigenvalue weighted by atomic mass is 10.1. The fraction of sp³-hybridized carbons (Fsp3) is 0.267. The van der Waals surface area contributed by atoms with Crippen LogP contribution in [0.2, 0.25) is 0 Å². The van der Waals surface area contributed by atoms with Crippen molar-refractivity contribution in [3.63, 3.8) is 0 Å². The van der Waals surface area contributed by atoms with E-state index in [0.29, 0.717) is 0 Å². The Bertz CT molecular complexity index is 830. The third-order valence-electron chi connectivity index (χ3n) is 3.62. The number of benzene rings is 1. The molecule has 1 aromatic heterocycles. The first kappa shape index (κ1) is 15.9. The number of nitrogens with zero attached hydrogens (tertiary/aromatic N) is 2. The van der Waals surface area contributed by atoms with E-state index in [2.05, 4.69) is 15.1 Å². The van der Waals surface area contributed by atoms with E-state index in [0.717, 1.165) is 25.1 Å². The summed E-state index contributed by atoms with van der Waals surface area (Å²) in [5.74, 6) is -0.465. The van der Waals surface area contributed by atoms with Crippen LogP contribution in [-0.4, -0.2) is 37.8 Å². The molecule has 0 amide bonds. The fourth-order valence-corrected chi connectivity index (χ4v) is 3.28. The number of sulfonamides is 1. The molecule has 2 N–H and O–H groups in total. The van der Waals surface area contributed by atoms with Gasteiger partial charge < -0.3 is 5.32 Å². The van der Waals surface area contributed by atoms with Gasteiger partial charge in [0, 0.05) is 13.1 Å². The van der Waals surface area contributed by atoms with Gasteiger partial charge in [0.1, 0.15) is 16.4 Å². The number of nitrogens with one attached hydrogen (secondary N) is 2. The minimum Gasteiger partial charge on any atom is -0.313 e. The zero-order chi connectivity index (χ0) is 16.3. The first-order chi connectivity index (χ1) is 11.1. The average molecular weight is 336 g/mol. The molecule has 0 unspecified atom stereocenters. The predicted molar refractivity (Wildman–Crippen MR) is 84.3 cm³/mol. The summed E-state index contributed by atoms with van der Waals surface area (Å²) < 4.78 is 42.1. The molecule has 0 spiro atoms. The molecule has 2 aromatic rings. The summed E-state index contributed by atoms with van der Waals surface area (Å²) in [5.41, 5.74) is 1.25. The smallest absolute Gasteiger partial charge is 0.244 e. The van der Waals surface area contributed by atoms with E-state index in [-0.39, 0.29) is 17.1 Å². The van der Waals surface area contributed by atoms with Crippen molar-refractivity contribution in [2.24, 2.45) is 0 Å². The number of hydrogen-bond donors (Lipinski definition) is 2. The molecule has 6 nitrogen and oxygen atoms in total. The Kier molecular flexibility index (Phi) is 4.56. The molecule has 2 heterocycles. The van der Waals surface area contributed by atoms with E-state index in [1.54, 1.807) is 12.1 Å². The van der Waals surface area contributed by atoms with Crippen LogP contribution < -0.4 is 10.0 Å². The Morgan fingerprint density at radius 1 is 1.35 bits per heavy atom. The summed E-state index contributed by atoms with van der Waals surface area (Å²) in [4.78, 5) is 0.00953. The van der Waals surface area contributed by atoms with Gasteiger partial charge in [0.15, 0.2) is 0 Å². The highest BCUT2D eigenvalue weighted by atomic mass is 32.2. The maximum atomic E-state index is 13.7. The maximum absolute atomic E-state index is 13.7. The normalized spacial score (nSPS) is 15.4. The van der Waals surface area contributed by atoms with Crippen LogP contribution in [0.15, 0.2) is 53.2 Å². The third-order valence-corrected chi connectivity index (χ3v) is 4.97. The number of hydrogen-bond acceptors (Lipinski definition) is 4. The molecule has 8 heteroatoms. The van der Waals surface area contributed by atoms with Crippen LogP contribution in [0.4, 0.5) is 4.39 Å². The molecule has 0 saturated carbocycles. The van der Waals surface area contributed by atoms with E-state index in [1.807, 2.05) is 6.08 Å². The monoisotopic (exact) mass is 336 g/mol. The van der Waals surface area contributed by atoms with Crippen molar-refractivity contribution in [3.05, 3.63) is 54.1 Å². The molecule has 0 bridgehead atoms. The molecule has 0 atom stereocenters. The van der Waals surface area contributed by atoms with Crippen molar-refractivity contribution in [1.29, 1.82) is 0 Å². The number of aromatic nitrogens is 2. The lowest BCUT2D eigenvalue weighted by Crippen LogP contribution is -2.29. The lowest BCUT2D eigenvalue weighted by molar-refractivity contribution is 0.582. The Labute approximate surface area is 134 Å². The highest BCUT2D eigenvalue weighted by Crippen LogP contribution is 2.15. The first-order valence-electron chi connectivity index (χ1n) is 7.24. The molecule has 122 valence electrons. The fourth-order valence-electron chi connectivity index (χ4n) is 2.32. The average Bonchev–Trinajstić information content (AvgIpc) is 3.05. The maximum Gasteiger partial charge on any atom is 0.244 e. The zero-order valence-corrected chi connectivity index (χ0v) is 13.2. The van der Waals surface area contributed by atoms with E-state index in [4.69, 9.17) is 0 Å². The second-order valence-corrected chi connectivity index (χ2v) is 6.98. The van der Waals surface area contributed by atoms with E-state index in [9.17, 15) is 12.8 Å². The van der Waals surface area contributed by atoms with Crippen LogP contribution >= 0.6 is 0 Å². The van der Waals surface area contributed by atoms with Crippen molar-refractivity contribution in [2.45, 2.75) is 11.3 Å². The summed E-state index contributed by atoms with van der Waals surface area (Å²) in [6.07, 6.45) is 5.31. The standard InChI is InChI=1S/C15H17FN4O2S/c16-14-3-1-2-4-15(14)20-11-13(10-18-20)23(21,22)19-9-12-5-7-17-8-6-12/h1-5,10-11,17,19H,6-9H2. The Hall–Kier alpha value is -2.03. The minimum absolute atomic E-state index is 0.00953. The van der Waals surface area contributed by atoms with Crippen molar-refractivity contribution >= 4 is 10.0 Å². The molecular weight excluding hydrogens is 319 g/mol. The summed E-state index contributed by atoms with van der Waals surface area (Å²) in [7, 11) is -3.68. The highest BCUT2D eigenvalue weighted by molar-refractivity contribution is 7.89. The largest absolute Gasteiger partial charge is 0.313 e. The van der Waals surface area contributed by atoms with Gasteiger partial charge in [-0.25, -0.2) is 22.2 Å². The molecule has 0 saturated heterocycles. The molecule has 0 aliphatic carbocycles. The van der Waals surface area contributed by atoms with Gasteiger partial charge in [0.25, 0.3) is 0 Å². The summed E-state index contributed by atoms with van der Waals surface area (Å²) in [5, 5.41) is 7.11. The van der Waals surface area contributed by atoms with Gasteiger partial charge in [-0.15, -0.1) is 0 Å². The van der Waals surface area contributed by atoms with Crippen LogP contribution in [0.1, 0.15) is 6.42 Å². The van der Waals surface area contributed by atoms with Crippen LogP contribution in [0.25, 0.3) is 5.69 Å². The van der Waals surface area contributed by atoms with Gasteiger partial charge in [0.2, 0.25) is 10.0 Å². The summed E-state index contributed by atoms with van der Waals surface area (Å²) >= 11 is 0. The molecule has 23 heavy (non-hydrogen) atoms. The van der Waals surface area contributed by atoms with Gasteiger partial charge in [-0.1, -0.05) is 23.8 Å². The van der Waals surface area contributed by atoms with Crippen LogP contribution in [0.3, 0.4) is 0 Å². The second kappa shape index (κ2) is 6.61. The lowest BCUT2D eigenvalue weighted by Gasteiger charge is -2.14. The van der Waals surface area contributed by atoms with Crippen LogP contribution in [-0.2, 0) is 10.0 Å². The van der Waals surface area contributed by atoms with Gasteiger partial charge >= 0.3 is 0 Å². The first-order valence-corrected chi connectivity index (χ1v) is 8.72. The zero-order valence-electron chi connectivity index (χ0n) is 12.4. The van der Waals surface area contributed by atoms with Crippen LogP contribution in [0.5, 0.6) is 0 Å². The van der Waals surface area contributed by atoms with E-state index < -0.39 is 15.8 Å². The van der Waals surface area contributed by atoms with Crippen molar-refractivity contribution < 1.29 is 12.8 Å². The number of para-hydroxylation sites is 1. The van der Waals surface area contributed by atoms with Gasteiger partial charge in [-0.2, -0.15) is 5.10 Å². The number of rotatable bonds is 5. The molecule has 3 rings (SSSR count). The van der Waals surface area contributed by atoms with Crippen LogP contribution in [0, 0.1) is 5.82 Å². The summed E-state index contributed by atoms with van der Waals surface area (Å²) in [6.45, 7) is 1.87. The van der Waals surface area contributed by atoms with Gasteiger partial charge in [-0.3, -0.25) is 0 Å². The summed E-state index contributed by atoms with van der Waals surface area (Å²) in [6, 6.07) is 6.06. The molecule has 1 aliphatic heterocycles. The molecule has 1 aliphatic rings. The van der Waals surface area contributed by atoms with Gasteiger partial charge in [0.05, 0.1) is 12.4 Å². The number of halogens is 1. The van der Waals surface area contributed by atoms with Crippen molar-refractivity contribution in [3.8, 4) is 5.69 Å². The Balaban J connectivity index is 1.76. The third kappa shape index (κ3) is 3.66.